The second-order valence-corrected chi connectivity index (χ2v) is 5.92. The lowest BCUT2D eigenvalue weighted by atomic mass is 10.0. The fraction of sp³-hybridized carbons (Fsp3) is 0.500. The Morgan fingerprint density at radius 2 is 2.14 bits per heavy atom. The molecular weight excluding hydrogens is 274 g/mol. The van der Waals surface area contributed by atoms with E-state index in [4.69, 9.17) is 0 Å². The number of hydrogen-bond donors (Lipinski definition) is 1. The highest BCUT2D eigenvalue weighted by molar-refractivity contribution is 5.99. The Morgan fingerprint density at radius 3 is 2.91 bits per heavy atom. The Balaban J connectivity index is 1.76. The van der Waals surface area contributed by atoms with Crippen molar-refractivity contribution in [3.63, 3.8) is 0 Å². The third-order valence-corrected chi connectivity index (χ3v) is 4.67. The van der Waals surface area contributed by atoms with Crippen molar-refractivity contribution < 1.29 is 4.79 Å². The molecule has 4 heteroatoms. The summed E-state index contributed by atoms with van der Waals surface area (Å²) in [7, 11) is 0. The van der Waals surface area contributed by atoms with E-state index >= 15 is 0 Å². The van der Waals surface area contributed by atoms with Crippen molar-refractivity contribution in [1.29, 1.82) is 0 Å². The molecule has 3 rings (SSSR count). The molecule has 0 fully saturated rings. The van der Waals surface area contributed by atoms with E-state index in [1.54, 1.807) is 0 Å². The van der Waals surface area contributed by atoms with E-state index in [1.807, 2.05) is 6.07 Å². The number of nitrogens with zero attached hydrogens (tertiary/aromatic N) is 2. The van der Waals surface area contributed by atoms with Crippen molar-refractivity contribution in [2.24, 2.45) is 0 Å². The molecule has 0 spiro atoms. The number of amides is 1. The lowest BCUT2D eigenvalue weighted by Gasteiger charge is -2.19. The summed E-state index contributed by atoms with van der Waals surface area (Å²) >= 11 is 0. The minimum Gasteiger partial charge on any atom is -0.349 e. The fourth-order valence-electron chi connectivity index (χ4n) is 3.41. The SMILES string of the molecule is CCN(CC)CCNC(=O)c1cc2cccc3c2n1CCC3. The molecule has 0 saturated heterocycles. The minimum absolute atomic E-state index is 0.0520. The number of rotatable bonds is 6. The summed E-state index contributed by atoms with van der Waals surface area (Å²) in [5.41, 5.74) is 3.43. The van der Waals surface area contributed by atoms with Crippen LogP contribution in [0.2, 0.25) is 0 Å². The first-order valence-electron chi connectivity index (χ1n) is 8.36. The zero-order valence-corrected chi connectivity index (χ0v) is 13.6. The van der Waals surface area contributed by atoms with Gasteiger partial charge in [-0.15, -0.1) is 0 Å². The molecule has 1 aliphatic heterocycles. The lowest BCUT2D eigenvalue weighted by Crippen LogP contribution is -2.35. The molecule has 4 nitrogen and oxygen atoms in total. The van der Waals surface area contributed by atoms with Crippen molar-refractivity contribution in [2.75, 3.05) is 26.2 Å². The van der Waals surface area contributed by atoms with Gasteiger partial charge < -0.3 is 14.8 Å². The Kier molecular flexibility index (Phi) is 4.48. The van der Waals surface area contributed by atoms with Gasteiger partial charge in [0.15, 0.2) is 0 Å². The van der Waals surface area contributed by atoms with Crippen molar-refractivity contribution in [1.82, 2.24) is 14.8 Å². The highest BCUT2D eigenvalue weighted by Gasteiger charge is 2.20. The highest BCUT2D eigenvalue weighted by atomic mass is 16.1. The zero-order valence-electron chi connectivity index (χ0n) is 13.6. The van der Waals surface area contributed by atoms with E-state index in [1.165, 1.54) is 16.5 Å². The van der Waals surface area contributed by atoms with Gasteiger partial charge in [0.2, 0.25) is 0 Å². The number of para-hydroxylation sites is 1. The number of benzene rings is 1. The molecule has 0 bridgehead atoms. The Bertz CT molecular complexity index is 670. The summed E-state index contributed by atoms with van der Waals surface area (Å²) in [6.45, 7) is 8.90. The van der Waals surface area contributed by atoms with E-state index in [0.717, 1.165) is 44.7 Å². The third-order valence-electron chi connectivity index (χ3n) is 4.67. The second kappa shape index (κ2) is 6.53. The van der Waals surface area contributed by atoms with Crippen molar-refractivity contribution in [3.05, 3.63) is 35.5 Å². The van der Waals surface area contributed by atoms with Gasteiger partial charge in [-0.2, -0.15) is 0 Å². The first-order valence-corrected chi connectivity index (χ1v) is 8.36. The average Bonchev–Trinajstić information content (AvgIpc) is 2.93. The van der Waals surface area contributed by atoms with Gasteiger partial charge in [-0.1, -0.05) is 32.0 Å². The van der Waals surface area contributed by atoms with Crippen LogP contribution in [-0.4, -0.2) is 41.6 Å². The van der Waals surface area contributed by atoms with Crippen LogP contribution in [0, 0.1) is 0 Å². The van der Waals surface area contributed by atoms with Gasteiger partial charge in [-0.25, -0.2) is 0 Å². The van der Waals surface area contributed by atoms with Crippen molar-refractivity contribution in [3.8, 4) is 0 Å². The van der Waals surface area contributed by atoms with Crippen LogP contribution in [0.1, 0.15) is 36.3 Å². The van der Waals surface area contributed by atoms with Crippen LogP contribution in [0.15, 0.2) is 24.3 Å². The van der Waals surface area contributed by atoms with Gasteiger partial charge in [0.05, 0.1) is 5.52 Å². The minimum atomic E-state index is 0.0520. The van der Waals surface area contributed by atoms with Gasteiger partial charge >= 0.3 is 0 Å². The number of likely N-dealkylation sites (N-methyl/N-ethyl adjacent to an activating group) is 1. The van der Waals surface area contributed by atoms with Crippen LogP contribution < -0.4 is 5.32 Å². The van der Waals surface area contributed by atoms with E-state index in [-0.39, 0.29) is 5.91 Å². The van der Waals surface area contributed by atoms with Gasteiger partial charge in [0.25, 0.3) is 5.91 Å². The van der Waals surface area contributed by atoms with Crippen LogP contribution >= 0.6 is 0 Å². The maximum atomic E-state index is 12.5. The van der Waals surface area contributed by atoms with Crippen molar-refractivity contribution >= 4 is 16.8 Å². The molecular formula is C18H25N3O. The summed E-state index contributed by atoms with van der Waals surface area (Å²) in [4.78, 5) is 14.9. The maximum Gasteiger partial charge on any atom is 0.267 e. The Morgan fingerprint density at radius 1 is 1.32 bits per heavy atom. The lowest BCUT2D eigenvalue weighted by molar-refractivity contribution is 0.0939. The Hall–Kier alpha value is -1.81. The molecule has 2 aromatic rings. The molecule has 0 unspecified atom stereocenters. The smallest absolute Gasteiger partial charge is 0.267 e. The number of carbonyl (C=O) groups is 1. The monoisotopic (exact) mass is 299 g/mol. The third kappa shape index (κ3) is 2.75. The van der Waals surface area contributed by atoms with Crippen LogP contribution in [-0.2, 0) is 13.0 Å². The fourth-order valence-corrected chi connectivity index (χ4v) is 3.41. The summed E-state index contributed by atoms with van der Waals surface area (Å²) in [5, 5.41) is 4.26. The quantitative estimate of drug-likeness (QED) is 0.890. The highest BCUT2D eigenvalue weighted by Crippen LogP contribution is 2.28. The number of aromatic nitrogens is 1. The zero-order chi connectivity index (χ0) is 15.5. The topological polar surface area (TPSA) is 37.3 Å². The van der Waals surface area contributed by atoms with Gasteiger partial charge in [-0.3, -0.25) is 4.79 Å². The summed E-state index contributed by atoms with van der Waals surface area (Å²) in [6.07, 6.45) is 2.23. The van der Waals surface area contributed by atoms with Gasteiger partial charge in [0.1, 0.15) is 5.69 Å². The predicted molar refractivity (Wildman–Crippen MR) is 90.4 cm³/mol. The molecule has 118 valence electrons. The Labute approximate surface area is 132 Å². The molecule has 1 aromatic carbocycles. The molecule has 0 aliphatic carbocycles. The number of aryl methyl sites for hydroxylation is 2. The van der Waals surface area contributed by atoms with E-state index in [2.05, 4.69) is 46.8 Å². The summed E-state index contributed by atoms with van der Waals surface area (Å²) in [6, 6.07) is 8.42. The normalized spacial score (nSPS) is 13.8. The largest absolute Gasteiger partial charge is 0.349 e. The summed E-state index contributed by atoms with van der Waals surface area (Å²) < 4.78 is 2.20. The molecule has 2 heterocycles. The molecule has 1 amide bonds. The molecule has 1 aliphatic rings. The number of hydrogen-bond acceptors (Lipinski definition) is 2. The van der Waals surface area contributed by atoms with E-state index < -0.39 is 0 Å². The number of carbonyl (C=O) groups excluding carboxylic acids is 1. The second-order valence-electron chi connectivity index (χ2n) is 5.92. The van der Waals surface area contributed by atoms with E-state index in [9.17, 15) is 4.79 Å². The molecule has 0 radical (unpaired) electrons. The van der Waals surface area contributed by atoms with Gasteiger partial charge in [-0.05, 0) is 37.6 Å². The molecule has 22 heavy (non-hydrogen) atoms. The van der Waals surface area contributed by atoms with Crippen molar-refractivity contribution in [2.45, 2.75) is 33.2 Å². The van der Waals surface area contributed by atoms with Crippen LogP contribution in [0.25, 0.3) is 10.9 Å². The number of nitrogens with one attached hydrogen (secondary N) is 1. The molecule has 0 saturated carbocycles. The van der Waals surface area contributed by atoms with Crippen LogP contribution in [0.3, 0.4) is 0 Å². The first-order chi connectivity index (χ1) is 10.7. The summed E-state index contributed by atoms with van der Waals surface area (Å²) in [5.74, 6) is 0.0520. The van der Waals surface area contributed by atoms with Crippen LogP contribution in [0.4, 0.5) is 0 Å². The van der Waals surface area contributed by atoms with E-state index in [0.29, 0.717) is 6.54 Å². The van der Waals surface area contributed by atoms with Crippen LogP contribution in [0.5, 0.6) is 0 Å². The maximum absolute atomic E-state index is 12.5. The molecule has 0 atom stereocenters. The average molecular weight is 299 g/mol. The first kappa shape index (κ1) is 15.1. The predicted octanol–water partition coefficient (Wildman–Crippen LogP) is 2.66. The molecule has 1 aromatic heterocycles. The van der Waals surface area contributed by atoms with Gasteiger partial charge in [0, 0.05) is 25.0 Å². The standard InChI is InChI=1S/C18H25N3O/c1-3-20(4-2)12-10-19-18(22)16-13-15-8-5-7-14-9-6-11-21(16)17(14)15/h5,7-8,13H,3-4,6,9-12H2,1-2H3,(H,19,22). The molecule has 1 N–H and O–H groups in total.